The van der Waals surface area contributed by atoms with E-state index in [-0.39, 0.29) is 11.7 Å². The van der Waals surface area contributed by atoms with Crippen LogP contribution >= 0.6 is 35.0 Å². The Bertz CT molecular complexity index is 1060. The minimum absolute atomic E-state index is 0.110. The molecule has 7 nitrogen and oxygen atoms in total. The molecule has 1 aromatic carbocycles. The Labute approximate surface area is 201 Å². The van der Waals surface area contributed by atoms with Crippen molar-refractivity contribution in [1.29, 1.82) is 0 Å². The second kappa shape index (κ2) is 10.8. The standard InChI is InChI=1S/C22H22Cl2N6OS/c23-16-4-3-6-18(12-16)29-8-10-30(11-9-29)20-13-19(24)27-22(28-20)32-15-21(31)26-14-17-5-1-2-7-25-17/h1-7,12-13H,8-11,14-15H2,(H,26,31). The fourth-order valence-electron chi connectivity index (χ4n) is 3.35. The minimum Gasteiger partial charge on any atom is -0.368 e. The summed E-state index contributed by atoms with van der Waals surface area (Å²) in [5, 5.41) is 4.43. The van der Waals surface area contributed by atoms with Crippen molar-refractivity contribution >= 4 is 52.4 Å². The summed E-state index contributed by atoms with van der Waals surface area (Å²) >= 11 is 13.6. The summed E-state index contributed by atoms with van der Waals surface area (Å²) in [7, 11) is 0. The van der Waals surface area contributed by atoms with E-state index in [9.17, 15) is 4.79 Å². The summed E-state index contributed by atoms with van der Waals surface area (Å²) in [6.07, 6.45) is 1.70. The van der Waals surface area contributed by atoms with Gasteiger partial charge in [0.1, 0.15) is 11.0 Å². The zero-order chi connectivity index (χ0) is 22.3. The molecule has 0 atom stereocenters. The molecule has 1 N–H and O–H groups in total. The molecule has 32 heavy (non-hydrogen) atoms. The van der Waals surface area contributed by atoms with E-state index in [1.807, 2.05) is 36.4 Å². The normalized spacial score (nSPS) is 13.8. The first-order chi connectivity index (χ1) is 15.6. The molecule has 0 saturated carbocycles. The number of nitrogens with zero attached hydrogens (tertiary/aromatic N) is 5. The fourth-order valence-corrected chi connectivity index (χ4v) is 4.45. The van der Waals surface area contributed by atoms with Crippen molar-refractivity contribution < 1.29 is 4.79 Å². The Hall–Kier alpha value is -2.55. The quantitative estimate of drug-likeness (QED) is 0.307. The number of anilines is 2. The maximum atomic E-state index is 12.2. The molecular formula is C22H22Cl2N6OS. The Kier molecular flexibility index (Phi) is 7.68. The van der Waals surface area contributed by atoms with Gasteiger partial charge in [-0.15, -0.1) is 0 Å². The second-order valence-electron chi connectivity index (χ2n) is 7.17. The van der Waals surface area contributed by atoms with E-state index in [0.29, 0.717) is 16.9 Å². The molecule has 0 aliphatic carbocycles. The van der Waals surface area contributed by atoms with Crippen molar-refractivity contribution in [1.82, 2.24) is 20.3 Å². The van der Waals surface area contributed by atoms with Crippen molar-refractivity contribution in [3.05, 3.63) is 70.6 Å². The van der Waals surface area contributed by atoms with Gasteiger partial charge >= 0.3 is 0 Å². The molecule has 3 aromatic rings. The van der Waals surface area contributed by atoms with E-state index in [1.165, 1.54) is 11.8 Å². The highest BCUT2D eigenvalue weighted by atomic mass is 35.5. The zero-order valence-corrected chi connectivity index (χ0v) is 19.6. The Morgan fingerprint density at radius 3 is 2.56 bits per heavy atom. The molecule has 4 rings (SSSR count). The second-order valence-corrected chi connectivity index (χ2v) is 8.94. The maximum Gasteiger partial charge on any atom is 0.230 e. The number of carbonyl (C=O) groups is 1. The summed E-state index contributed by atoms with van der Waals surface area (Å²) in [5.74, 6) is 0.864. The van der Waals surface area contributed by atoms with E-state index < -0.39 is 0 Å². The lowest BCUT2D eigenvalue weighted by Crippen LogP contribution is -2.46. The third kappa shape index (κ3) is 6.25. The predicted molar refractivity (Wildman–Crippen MR) is 130 cm³/mol. The zero-order valence-electron chi connectivity index (χ0n) is 17.2. The number of carbonyl (C=O) groups excluding carboxylic acids is 1. The number of nitrogens with one attached hydrogen (secondary N) is 1. The van der Waals surface area contributed by atoms with Gasteiger partial charge in [-0.25, -0.2) is 9.97 Å². The number of piperazine rings is 1. The highest BCUT2D eigenvalue weighted by Gasteiger charge is 2.20. The molecule has 1 fully saturated rings. The van der Waals surface area contributed by atoms with Gasteiger partial charge in [-0.1, -0.05) is 47.1 Å². The molecule has 3 heterocycles. The molecule has 0 bridgehead atoms. The molecular weight excluding hydrogens is 467 g/mol. The average Bonchev–Trinajstić information content (AvgIpc) is 2.82. The first-order valence-electron chi connectivity index (χ1n) is 10.2. The Morgan fingerprint density at radius 2 is 1.81 bits per heavy atom. The Balaban J connectivity index is 1.31. The third-order valence-corrected chi connectivity index (χ3v) is 6.24. The van der Waals surface area contributed by atoms with E-state index in [0.717, 1.165) is 48.4 Å². The minimum atomic E-state index is -0.110. The number of thioether (sulfide) groups is 1. The van der Waals surface area contributed by atoms with Gasteiger partial charge in [-0.2, -0.15) is 0 Å². The molecule has 1 aliphatic rings. The number of aromatic nitrogens is 3. The molecule has 1 amide bonds. The number of amides is 1. The van der Waals surface area contributed by atoms with E-state index in [2.05, 4.69) is 36.1 Å². The van der Waals surface area contributed by atoms with Crippen molar-refractivity contribution in [3.8, 4) is 0 Å². The van der Waals surface area contributed by atoms with Crippen molar-refractivity contribution in [2.75, 3.05) is 41.7 Å². The average molecular weight is 489 g/mol. The topological polar surface area (TPSA) is 74.2 Å². The third-order valence-electron chi connectivity index (χ3n) is 4.96. The lowest BCUT2D eigenvalue weighted by Gasteiger charge is -2.36. The number of rotatable bonds is 7. The number of pyridine rings is 1. The van der Waals surface area contributed by atoms with Crippen LogP contribution in [-0.4, -0.2) is 52.8 Å². The SMILES string of the molecule is O=C(CSc1nc(Cl)cc(N2CCN(c3cccc(Cl)c3)CC2)n1)NCc1ccccn1. The molecule has 0 spiro atoms. The van der Waals surface area contributed by atoms with Crippen LogP contribution < -0.4 is 15.1 Å². The first-order valence-corrected chi connectivity index (χ1v) is 11.9. The molecule has 2 aromatic heterocycles. The van der Waals surface area contributed by atoms with Gasteiger partial charge in [0.05, 0.1) is 18.0 Å². The van der Waals surface area contributed by atoms with Crippen LogP contribution in [-0.2, 0) is 11.3 Å². The van der Waals surface area contributed by atoms with Crippen molar-refractivity contribution in [2.45, 2.75) is 11.7 Å². The summed E-state index contributed by atoms with van der Waals surface area (Å²) in [6.45, 7) is 3.68. The van der Waals surface area contributed by atoms with Crippen LogP contribution in [0.5, 0.6) is 0 Å². The molecule has 0 unspecified atom stereocenters. The predicted octanol–water partition coefficient (Wildman–Crippen LogP) is 3.91. The van der Waals surface area contributed by atoms with Crippen LogP contribution in [0.3, 0.4) is 0 Å². The van der Waals surface area contributed by atoms with Crippen LogP contribution in [0.1, 0.15) is 5.69 Å². The summed E-state index contributed by atoms with van der Waals surface area (Å²) in [4.78, 5) is 29.7. The summed E-state index contributed by atoms with van der Waals surface area (Å²) in [5.41, 5.74) is 1.93. The highest BCUT2D eigenvalue weighted by Crippen LogP contribution is 2.25. The lowest BCUT2D eigenvalue weighted by atomic mass is 10.2. The molecule has 1 saturated heterocycles. The maximum absolute atomic E-state index is 12.2. The largest absolute Gasteiger partial charge is 0.368 e. The smallest absolute Gasteiger partial charge is 0.230 e. The van der Waals surface area contributed by atoms with Crippen LogP contribution in [0.2, 0.25) is 10.2 Å². The van der Waals surface area contributed by atoms with E-state index in [1.54, 1.807) is 12.3 Å². The monoisotopic (exact) mass is 488 g/mol. The molecule has 1 aliphatic heterocycles. The summed E-state index contributed by atoms with van der Waals surface area (Å²) in [6, 6.07) is 15.2. The van der Waals surface area contributed by atoms with Gasteiger partial charge in [-0.05, 0) is 30.3 Å². The number of hydrogen-bond donors (Lipinski definition) is 1. The molecule has 0 radical (unpaired) electrons. The lowest BCUT2D eigenvalue weighted by molar-refractivity contribution is -0.118. The van der Waals surface area contributed by atoms with Crippen LogP contribution in [0.4, 0.5) is 11.5 Å². The van der Waals surface area contributed by atoms with Gasteiger partial charge in [0.2, 0.25) is 5.91 Å². The van der Waals surface area contributed by atoms with Crippen LogP contribution in [0.15, 0.2) is 59.9 Å². The van der Waals surface area contributed by atoms with Gasteiger partial charge in [0.25, 0.3) is 0 Å². The van der Waals surface area contributed by atoms with Crippen molar-refractivity contribution in [3.63, 3.8) is 0 Å². The summed E-state index contributed by atoms with van der Waals surface area (Å²) < 4.78 is 0. The van der Waals surface area contributed by atoms with Gasteiger partial charge in [0, 0.05) is 49.2 Å². The number of benzene rings is 1. The van der Waals surface area contributed by atoms with Gasteiger partial charge in [-0.3, -0.25) is 9.78 Å². The van der Waals surface area contributed by atoms with Gasteiger partial charge < -0.3 is 15.1 Å². The van der Waals surface area contributed by atoms with Crippen LogP contribution in [0, 0.1) is 0 Å². The van der Waals surface area contributed by atoms with E-state index >= 15 is 0 Å². The fraction of sp³-hybridized carbons (Fsp3) is 0.273. The number of halogens is 2. The molecule has 166 valence electrons. The van der Waals surface area contributed by atoms with Crippen LogP contribution in [0.25, 0.3) is 0 Å². The van der Waals surface area contributed by atoms with Crippen molar-refractivity contribution in [2.24, 2.45) is 0 Å². The number of hydrogen-bond acceptors (Lipinski definition) is 7. The Morgan fingerprint density at radius 1 is 1.00 bits per heavy atom. The van der Waals surface area contributed by atoms with E-state index in [4.69, 9.17) is 23.2 Å². The molecule has 10 heteroatoms. The van der Waals surface area contributed by atoms with Gasteiger partial charge in [0.15, 0.2) is 5.16 Å². The first kappa shape index (κ1) is 22.6. The highest BCUT2D eigenvalue weighted by molar-refractivity contribution is 7.99.